The number of carbonyl (C=O) groups is 1. The third-order valence-corrected chi connectivity index (χ3v) is 3.49. The second kappa shape index (κ2) is 4.98. The maximum absolute atomic E-state index is 12.0. The first kappa shape index (κ1) is 11.5. The highest BCUT2D eigenvalue weighted by Gasteiger charge is 2.20. The van der Waals surface area contributed by atoms with Gasteiger partial charge in [-0.25, -0.2) is 4.79 Å². The van der Waals surface area contributed by atoms with Gasteiger partial charge < -0.3 is 14.8 Å². The molecule has 1 saturated heterocycles. The standard InChI is InChI=1S/C14H17NO3/c16-14(18-12-4-7-17-8-5-12)11-1-2-13-10(9-11)3-6-15-13/h1-2,9,12,15H,3-8H2. The van der Waals surface area contributed by atoms with E-state index in [1.54, 1.807) is 0 Å². The number of ether oxygens (including phenoxy) is 2. The van der Waals surface area contributed by atoms with Crippen LogP contribution < -0.4 is 5.32 Å². The Kier molecular flexibility index (Phi) is 3.19. The minimum atomic E-state index is -0.211. The molecule has 3 rings (SSSR count). The van der Waals surface area contributed by atoms with Gasteiger partial charge in [0.1, 0.15) is 6.10 Å². The van der Waals surface area contributed by atoms with Gasteiger partial charge in [-0.05, 0) is 30.2 Å². The van der Waals surface area contributed by atoms with Crippen molar-refractivity contribution in [2.45, 2.75) is 25.4 Å². The normalized spacial score (nSPS) is 19.1. The fraction of sp³-hybridized carbons (Fsp3) is 0.500. The smallest absolute Gasteiger partial charge is 0.338 e. The largest absolute Gasteiger partial charge is 0.459 e. The number of rotatable bonds is 2. The minimum Gasteiger partial charge on any atom is -0.459 e. The molecular formula is C14H17NO3. The van der Waals surface area contributed by atoms with Crippen LogP contribution in [0, 0.1) is 0 Å². The first-order valence-corrected chi connectivity index (χ1v) is 6.48. The van der Waals surface area contributed by atoms with Crippen LogP contribution in [0.25, 0.3) is 0 Å². The molecule has 1 fully saturated rings. The van der Waals surface area contributed by atoms with E-state index in [4.69, 9.17) is 9.47 Å². The summed E-state index contributed by atoms with van der Waals surface area (Å²) in [5.41, 5.74) is 3.00. The van der Waals surface area contributed by atoms with E-state index in [2.05, 4.69) is 5.32 Å². The first-order chi connectivity index (χ1) is 8.83. The highest BCUT2D eigenvalue weighted by atomic mass is 16.6. The van der Waals surface area contributed by atoms with Gasteiger partial charge >= 0.3 is 5.97 Å². The number of nitrogens with one attached hydrogen (secondary N) is 1. The Bertz CT molecular complexity index is 452. The minimum absolute atomic E-state index is 0.0117. The van der Waals surface area contributed by atoms with Crippen LogP contribution in [0.1, 0.15) is 28.8 Å². The molecule has 96 valence electrons. The molecular weight excluding hydrogens is 230 g/mol. The van der Waals surface area contributed by atoms with Crippen molar-refractivity contribution in [3.8, 4) is 0 Å². The van der Waals surface area contributed by atoms with Crippen molar-refractivity contribution >= 4 is 11.7 Å². The molecule has 0 amide bonds. The highest BCUT2D eigenvalue weighted by Crippen LogP contribution is 2.24. The highest BCUT2D eigenvalue weighted by molar-refractivity contribution is 5.90. The summed E-state index contributed by atoms with van der Waals surface area (Å²) in [7, 11) is 0. The number of anilines is 1. The van der Waals surface area contributed by atoms with E-state index >= 15 is 0 Å². The van der Waals surface area contributed by atoms with Crippen LogP contribution in [0.15, 0.2) is 18.2 Å². The fourth-order valence-electron chi connectivity index (χ4n) is 2.45. The van der Waals surface area contributed by atoms with E-state index in [0.29, 0.717) is 18.8 Å². The molecule has 4 heteroatoms. The summed E-state index contributed by atoms with van der Waals surface area (Å²) < 4.78 is 10.7. The quantitative estimate of drug-likeness (QED) is 0.812. The number of benzene rings is 1. The van der Waals surface area contributed by atoms with Crippen molar-refractivity contribution < 1.29 is 14.3 Å². The van der Waals surface area contributed by atoms with Crippen molar-refractivity contribution in [3.63, 3.8) is 0 Å². The van der Waals surface area contributed by atoms with Crippen LogP contribution in [0.3, 0.4) is 0 Å². The lowest BCUT2D eigenvalue weighted by molar-refractivity contribution is -0.0159. The third kappa shape index (κ3) is 2.34. The second-order valence-electron chi connectivity index (χ2n) is 4.77. The molecule has 2 aliphatic heterocycles. The molecule has 1 aromatic rings. The van der Waals surface area contributed by atoms with Gasteiger partial charge in [0.15, 0.2) is 0 Å². The zero-order valence-electron chi connectivity index (χ0n) is 10.3. The molecule has 2 heterocycles. The monoisotopic (exact) mass is 247 g/mol. The average molecular weight is 247 g/mol. The van der Waals surface area contributed by atoms with Crippen LogP contribution >= 0.6 is 0 Å². The topological polar surface area (TPSA) is 47.6 Å². The number of hydrogen-bond donors (Lipinski definition) is 1. The molecule has 0 atom stereocenters. The predicted octanol–water partition coefficient (Wildman–Crippen LogP) is 1.99. The summed E-state index contributed by atoms with van der Waals surface area (Å²) in [6, 6.07) is 5.73. The summed E-state index contributed by atoms with van der Waals surface area (Å²) in [6.45, 7) is 2.33. The number of hydrogen-bond acceptors (Lipinski definition) is 4. The van der Waals surface area contributed by atoms with Crippen molar-refractivity contribution in [2.75, 3.05) is 25.1 Å². The van der Waals surface area contributed by atoms with Crippen LogP contribution in [0.4, 0.5) is 5.69 Å². The van der Waals surface area contributed by atoms with Crippen molar-refractivity contribution in [2.24, 2.45) is 0 Å². The molecule has 0 aromatic heterocycles. The Morgan fingerprint density at radius 2 is 2.17 bits per heavy atom. The molecule has 4 nitrogen and oxygen atoms in total. The van der Waals surface area contributed by atoms with Gasteiger partial charge in [0, 0.05) is 25.1 Å². The van der Waals surface area contributed by atoms with E-state index in [9.17, 15) is 4.79 Å². The number of fused-ring (bicyclic) bond motifs is 1. The fourth-order valence-corrected chi connectivity index (χ4v) is 2.45. The van der Waals surface area contributed by atoms with Crippen LogP contribution in [-0.4, -0.2) is 31.8 Å². The molecule has 0 bridgehead atoms. The lowest BCUT2D eigenvalue weighted by Gasteiger charge is -2.22. The number of carbonyl (C=O) groups excluding carboxylic acids is 1. The van der Waals surface area contributed by atoms with E-state index in [0.717, 1.165) is 31.5 Å². The van der Waals surface area contributed by atoms with Crippen LogP contribution in [0.2, 0.25) is 0 Å². The second-order valence-corrected chi connectivity index (χ2v) is 4.77. The van der Waals surface area contributed by atoms with E-state index in [-0.39, 0.29) is 12.1 Å². The molecule has 1 N–H and O–H groups in total. The summed E-state index contributed by atoms with van der Waals surface area (Å²) in [6.07, 6.45) is 2.60. The van der Waals surface area contributed by atoms with Crippen LogP contribution in [-0.2, 0) is 15.9 Å². The zero-order valence-corrected chi connectivity index (χ0v) is 10.3. The molecule has 2 aliphatic rings. The SMILES string of the molecule is O=C(OC1CCOCC1)c1ccc2c(c1)CCN2. The lowest BCUT2D eigenvalue weighted by Crippen LogP contribution is -2.26. The van der Waals surface area contributed by atoms with E-state index in [1.807, 2.05) is 18.2 Å². The van der Waals surface area contributed by atoms with Gasteiger partial charge in [-0.2, -0.15) is 0 Å². The Morgan fingerprint density at radius 1 is 1.33 bits per heavy atom. The molecule has 0 spiro atoms. The van der Waals surface area contributed by atoms with Crippen molar-refractivity contribution in [3.05, 3.63) is 29.3 Å². The van der Waals surface area contributed by atoms with Gasteiger partial charge in [-0.3, -0.25) is 0 Å². The summed E-state index contributed by atoms with van der Waals surface area (Å²) in [5, 5.41) is 3.28. The van der Waals surface area contributed by atoms with Crippen LogP contribution in [0.5, 0.6) is 0 Å². The Labute approximate surface area is 106 Å². The Morgan fingerprint density at radius 3 is 3.00 bits per heavy atom. The number of esters is 1. The lowest BCUT2D eigenvalue weighted by atomic mass is 10.1. The Hall–Kier alpha value is -1.55. The molecule has 0 aliphatic carbocycles. The summed E-state index contributed by atoms with van der Waals surface area (Å²) >= 11 is 0. The molecule has 0 unspecified atom stereocenters. The van der Waals surface area contributed by atoms with Gasteiger partial charge in [0.25, 0.3) is 0 Å². The van der Waals surface area contributed by atoms with Crippen molar-refractivity contribution in [1.82, 2.24) is 0 Å². The maximum atomic E-state index is 12.0. The van der Waals surface area contributed by atoms with Crippen molar-refractivity contribution in [1.29, 1.82) is 0 Å². The van der Waals surface area contributed by atoms with Gasteiger partial charge in [0.05, 0.1) is 18.8 Å². The van der Waals surface area contributed by atoms with Gasteiger partial charge in [0.2, 0.25) is 0 Å². The Balaban J connectivity index is 1.68. The third-order valence-electron chi connectivity index (χ3n) is 3.49. The molecule has 18 heavy (non-hydrogen) atoms. The first-order valence-electron chi connectivity index (χ1n) is 6.48. The summed E-state index contributed by atoms with van der Waals surface area (Å²) in [5.74, 6) is -0.211. The van der Waals surface area contributed by atoms with Gasteiger partial charge in [-0.1, -0.05) is 0 Å². The van der Waals surface area contributed by atoms with E-state index in [1.165, 1.54) is 5.56 Å². The summed E-state index contributed by atoms with van der Waals surface area (Å²) in [4.78, 5) is 12.0. The predicted molar refractivity (Wildman–Crippen MR) is 67.9 cm³/mol. The molecule has 0 saturated carbocycles. The van der Waals surface area contributed by atoms with E-state index < -0.39 is 0 Å². The zero-order chi connectivity index (χ0) is 12.4. The average Bonchev–Trinajstić information content (AvgIpc) is 2.87. The van der Waals surface area contributed by atoms with Gasteiger partial charge in [-0.15, -0.1) is 0 Å². The molecule has 1 aromatic carbocycles. The molecule has 0 radical (unpaired) electrons. The maximum Gasteiger partial charge on any atom is 0.338 e.